The van der Waals surface area contributed by atoms with E-state index in [1.165, 1.54) is 4.31 Å². The molecule has 0 radical (unpaired) electrons. The summed E-state index contributed by atoms with van der Waals surface area (Å²) < 4.78 is 26.9. The molecule has 1 atom stereocenters. The quantitative estimate of drug-likeness (QED) is 0.677. The van der Waals surface area contributed by atoms with E-state index in [1.807, 2.05) is 12.1 Å². The normalized spacial score (nSPS) is 17.3. The Balaban J connectivity index is 1.50. The zero-order valence-electron chi connectivity index (χ0n) is 16.4. The van der Waals surface area contributed by atoms with Gasteiger partial charge in [0.25, 0.3) is 0 Å². The van der Waals surface area contributed by atoms with Gasteiger partial charge in [-0.3, -0.25) is 9.59 Å². The number of carbonyl (C=O) groups is 2. The molecule has 0 saturated carbocycles. The van der Waals surface area contributed by atoms with Crippen molar-refractivity contribution in [2.24, 2.45) is 5.92 Å². The average molecular weight is 450 g/mol. The largest absolute Gasteiger partial charge is 0.350 e. The van der Waals surface area contributed by atoms with Crippen LogP contribution in [-0.4, -0.2) is 44.2 Å². The van der Waals surface area contributed by atoms with Crippen molar-refractivity contribution < 1.29 is 18.0 Å². The molecular weight excluding hydrogens is 426 g/mol. The molecule has 0 bridgehead atoms. The van der Waals surface area contributed by atoms with Crippen LogP contribution in [0.15, 0.2) is 59.5 Å². The minimum absolute atomic E-state index is 0.101. The van der Waals surface area contributed by atoms with E-state index >= 15 is 0 Å². The Hall–Kier alpha value is -2.42. The molecular formula is C21H24ClN3O4S. The van der Waals surface area contributed by atoms with Crippen molar-refractivity contribution in [1.29, 1.82) is 0 Å². The van der Waals surface area contributed by atoms with Crippen molar-refractivity contribution >= 4 is 33.4 Å². The van der Waals surface area contributed by atoms with E-state index in [0.29, 0.717) is 24.4 Å². The molecule has 9 heteroatoms. The molecule has 0 aromatic heterocycles. The summed E-state index contributed by atoms with van der Waals surface area (Å²) in [5.74, 6) is -1.16. The summed E-state index contributed by atoms with van der Waals surface area (Å²) in [5.41, 5.74) is 0.785. The van der Waals surface area contributed by atoms with E-state index in [2.05, 4.69) is 10.6 Å². The summed E-state index contributed by atoms with van der Waals surface area (Å²) >= 11 is 6.06. The Morgan fingerprint density at radius 3 is 2.47 bits per heavy atom. The van der Waals surface area contributed by atoms with Gasteiger partial charge in [-0.15, -0.1) is 0 Å². The third-order valence-corrected chi connectivity index (χ3v) is 7.24. The highest BCUT2D eigenvalue weighted by molar-refractivity contribution is 7.89. The molecule has 0 aliphatic carbocycles. The second-order valence-corrected chi connectivity index (χ2v) is 9.45. The highest BCUT2D eigenvalue weighted by Gasteiger charge is 2.33. The van der Waals surface area contributed by atoms with Crippen LogP contribution in [0.4, 0.5) is 0 Å². The molecule has 7 nitrogen and oxygen atoms in total. The first-order valence-corrected chi connectivity index (χ1v) is 11.5. The highest BCUT2D eigenvalue weighted by atomic mass is 35.5. The Morgan fingerprint density at radius 2 is 1.73 bits per heavy atom. The number of sulfonamides is 1. The van der Waals surface area contributed by atoms with Gasteiger partial charge in [0.2, 0.25) is 21.8 Å². The number of rotatable bonds is 7. The minimum atomic E-state index is -3.64. The predicted octanol–water partition coefficient (Wildman–Crippen LogP) is 2.17. The lowest BCUT2D eigenvalue weighted by atomic mass is 9.99. The maximum atomic E-state index is 12.8. The molecule has 1 fully saturated rings. The minimum Gasteiger partial charge on any atom is -0.350 e. The van der Waals surface area contributed by atoms with E-state index in [-0.39, 0.29) is 36.3 Å². The molecule has 3 rings (SSSR count). The van der Waals surface area contributed by atoms with Crippen molar-refractivity contribution in [3.63, 3.8) is 0 Å². The Labute approximate surface area is 181 Å². The van der Waals surface area contributed by atoms with Gasteiger partial charge >= 0.3 is 0 Å². The summed E-state index contributed by atoms with van der Waals surface area (Å²) in [7, 11) is -3.64. The number of nitrogens with one attached hydrogen (secondary N) is 2. The van der Waals surface area contributed by atoms with E-state index in [0.717, 1.165) is 5.56 Å². The number of piperidine rings is 1. The second kappa shape index (κ2) is 10.1. The number of carbonyl (C=O) groups excluding carboxylic acids is 2. The Bertz CT molecular complexity index is 998. The molecule has 1 aliphatic rings. The summed E-state index contributed by atoms with van der Waals surface area (Å²) in [5, 5.41) is 5.88. The van der Waals surface area contributed by atoms with Crippen LogP contribution in [0.5, 0.6) is 0 Å². The molecule has 1 saturated heterocycles. The summed E-state index contributed by atoms with van der Waals surface area (Å²) in [6.07, 6.45) is 1.16. The fraction of sp³-hybridized carbons (Fsp3) is 0.333. The number of halogens is 1. The van der Waals surface area contributed by atoms with Crippen molar-refractivity contribution in [2.75, 3.05) is 19.6 Å². The van der Waals surface area contributed by atoms with Gasteiger partial charge in [-0.2, -0.15) is 4.31 Å². The van der Waals surface area contributed by atoms with Gasteiger partial charge in [-0.05, 0) is 36.6 Å². The van der Waals surface area contributed by atoms with Crippen LogP contribution in [0.25, 0.3) is 0 Å². The number of hydrogen-bond acceptors (Lipinski definition) is 4. The van der Waals surface area contributed by atoms with Crippen LogP contribution in [0, 0.1) is 5.92 Å². The smallest absolute Gasteiger partial charge is 0.243 e. The third kappa shape index (κ3) is 5.59. The fourth-order valence-electron chi connectivity index (χ4n) is 3.33. The second-order valence-electron chi connectivity index (χ2n) is 7.10. The predicted molar refractivity (Wildman–Crippen MR) is 114 cm³/mol. The maximum absolute atomic E-state index is 12.8. The lowest BCUT2D eigenvalue weighted by molar-refractivity contribution is -0.129. The van der Waals surface area contributed by atoms with Crippen LogP contribution in [0.3, 0.4) is 0 Å². The lowest BCUT2D eigenvalue weighted by Crippen LogP contribution is -2.47. The van der Waals surface area contributed by atoms with E-state index in [4.69, 9.17) is 11.6 Å². The molecule has 30 heavy (non-hydrogen) atoms. The summed E-state index contributed by atoms with van der Waals surface area (Å²) in [6, 6.07) is 15.4. The number of amides is 2. The number of benzene rings is 2. The van der Waals surface area contributed by atoms with Gasteiger partial charge in [0.15, 0.2) is 0 Å². The molecule has 0 spiro atoms. The van der Waals surface area contributed by atoms with Gasteiger partial charge in [-0.25, -0.2) is 8.42 Å². The third-order valence-electron chi connectivity index (χ3n) is 4.99. The van der Waals surface area contributed by atoms with Crippen molar-refractivity contribution in [3.05, 3.63) is 65.2 Å². The van der Waals surface area contributed by atoms with E-state index in [9.17, 15) is 18.0 Å². The monoisotopic (exact) mass is 449 g/mol. The van der Waals surface area contributed by atoms with Crippen LogP contribution < -0.4 is 10.6 Å². The van der Waals surface area contributed by atoms with E-state index < -0.39 is 15.9 Å². The fourth-order valence-corrected chi connectivity index (χ4v) is 5.07. The molecule has 2 aromatic carbocycles. The molecule has 2 amide bonds. The van der Waals surface area contributed by atoms with Gasteiger partial charge in [0, 0.05) is 24.7 Å². The van der Waals surface area contributed by atoms with E-state index in [1.54, 1.807) is 42.5 Å². The average Bonchev–Trinajstić information content (AvgIpc) is 2.77. The van der Waals surface area contributed by atoms with Crippen LogP contribution in [0.1, 0.15) is 18.4 Å². The zero-order chi connectivity index (χ0) is 21.6. The summed E-state index contributed by atoms with van der Waals surface area (Å²) in [4.78, 5) is 24.8. The van der Waals surface area contributed by atoms with Crippen molar-refractivity contribution in [1.82, 2.24) is 14.9 Å². The van der Waals surface area contributed by atoms with Crippen LogP contribution >= 0.6 is 11.6 Å². The van der Waals surface area contributed by atoms with Gasteiger partial charge in [-0.1, -0.05) is 48.0 Å². The van der Waals surface area contributed by atoms with Crippen LogP contribution in [-0.2, 0) is 26.2 Å². The zero-order valence-corrected chi connectivity index (χ0v) is 18.0. The molecule has 1 heterocycles. The van der Waals surface area contributed by atoms with Gasteiger partial charge in [0.05, 0.1) is 17.4 Å². The highest BCUT2D eigenvalue weighted by Crippen LogP contribution is 2.23. The topological polar surface area (TPSA) is 95.6 Å². The molecule has 2 aromatic rings. The standard InChI is InChI=1S/C21H24ClN3O4S/c22-19-11-5-4-7-16(19)13-23-20(26)14-24-21(27)17-8-6-12-25(15-17)30(28,29)18-9-2-1-3-10-18/h1-5,7,9-11,17H,6,8,12-15H2,(H,23,26)(H,24,27). The molecule has 1 unspecified atom stereocenters. The first-order chi connectivity index (χ1) is 14.4. The molecule has 1 aliphatic heterocycles. The lowest BCUT2D eigenvalue weighted by Gasteiger charge is -2.31. The van der Waals surface area contributed by atoms with Crippen LogP contribution in [0.2, 0.25) is 5.02 Å². The van der Waals surface area contributed by atoms with Crippen molar-refractivity contribution in [2.45, 2.75) is 24.3 Å². The van der Waals surface area contributed by atoms with Crippen molar-refractivity contribution in [3.8, 4) is 0 Å². The Kier molecular flexibility index (Phi) is 7.47. The molecule has 2 N–H and O–H groups in total. The first-order valence-electron chi connectivity index (χ1n) is 9.71. The van der Waals surface area contributed by atoms with Gasteiger partial charge in [0.1, 0.15) is 0 Å². The molecule has 160 valence electrons. The maximum Gasteiger partial charge on any atom is 0.243 e. The number of nitrogens with zero attached hydrogens (tertiary/aromatic N) is 1. The number of hydrogen-bond donors (Lipinski definition) is 2. The van der Waals surface area contributed by atoms with Gasteiger partial charge < -0.3 is 10.6 Å². The SMILES string of the molecule is O=C(CNC(=O)C1CCCN(S(=O)(=O)c2ccccc2)C1)NCc1ccccc1Cl. The first kappa shape index (κ1) is 22.3. The summed E-state index contributed by atoms with van der Waals surface area (Å²) in [6.45, 7) is 0.565. The Morgan fingerprint density at radius 1 is 1.03 bits per heavy atom.